The van der Waals surface area contributed by atoms with Crippen molar-refractivity contribution >= 4 is 11.8 Å². The molecular weight excluding hydrogens is 244 g/mol. The van der Waals surface area contributed by atoms with Gasteiger partial charge in [0.15, 0.2) is 0 Å². The molecule has 5 heteroatoms. The van der Waals surface area contributed by atoms with Gasteiger partial charge in [0.1, 0.15) is 11.6 Å². The van der Waals surface area contributed by atoms with Crippen LogP contribution < -0.4 is 5.32 Å². The van der Waals surface area contributed by atoms with E-state index in [1.165, 1.54) is 0 Å². The van der Waals surface area contributed by atoms with Crippen molar-refractivity contribution in [1.29, 1.82) is 0 Å². The third-order valence-corrected chi connectivity index (χ3v) is 3.54. The number of piperazine rings is 1. The normalized spacial score (nSPS) is 22.8. The second kappa shape index (κ2) is 6.37. The van der Waals surface area contributed by atoms with Gasteiger partial charge in [-0.25, -0.2) is 0 Å². The maximum absolute atomic E-state index is 12.5. The van der Waals surface area contributed by atoms with Gasteiger partial charge in [0, 0.05) is 20.3 Å². The molecular formula is C14H26N2O3. The van der Waals surface area contributed by atoms with E-state index in [1.54, 1.807) is 25.9 Å². The second-order valence-corrected chi connectivity index (χ2v) is 6.05. The van der Waals surface area contributed by atoms with Crippen LogP contribution >= 0.6 is 0 Å². The summed E-state index contributed by atoms with van der Waals surface area (Å²) in [6.45, 7) is 8.83. The molecule has 0 aromatic carbocycles. The zero-order valence-corrected chi connectivity index (χ0v) is 12.7. The summed E-state index contributed by atoms with van der Waals surface area (Å²) in [4.78, 5) is 26.3. The number of methoxy groups -OCH3 is 1. The zero-order valence-electron chi connectivity index (χ0n) is 12.7. The number of nitrogens with zero attached hydrogens (tertiary/aromatic N) is 1. The van der Waals surface area contributed by atoms with Gasteiger partial charge in [-0.15, -0.1) is 0 Å². The Labute approximate surface area is 115 Å². The smallest absolute Gasteiger partial charge is 0.246 e. The van der Waals surface area contributed by atoms with Gasteiger partial charge in [-0.1, -0.05) is 13.8 Å². The molecule has 1 N–H and O–H groups in total. The monoisotopic (exact) mass is 270 g/mol. The highest BCUT2D eigenvalue weighted by atomic mass is 16.5. The first-order valence-corrected chi connectivity index (χ1v) is 6.92. The van der Waals surface area contributed by atoms with E-state index in [2.05, 4.69) is 19.2 Å². The second-order valence-electron chi connectivity index (χ2n) is 6.05. The number of amides is 2. The quantitative estimate of drug-likeness (QED) is 0.737. The molecule has 1 unspecified atom stereocenters. The van der Waals surface area contributed by atoms with E-state index in [9.17, 15) is 9.59 Å². The number of rotatable bonds is 6. The van der Waals surface area contributed by atoms with Crippen LogP contribution in [0.15, 0.2) is 0 Å². The van der Waals surface area contributed by atoms with Gasteiger partial charge in [-0.05, 0) is 32.6 Å². The molecule has 1 atom stereocenters. The standard InChI is InChI=1S/C14H26N2O3/c1-10(2)9-11-12(17)16(7-6-8-19-5)14(3,4)13(18)15-11/h10-11H,6-9H2,1-5H3,(H,15,18). The van der Waals surface area contributed by atoms with Crippen LogP contribution in [0, 0.1) is 5.92 Å². The molecule has 5 nitrogen and oxygen atoms in total. The van der Waals surface area contributed by atoms with Crippen LogP contribution in [0.4, 0.5) is 0 Å². The van der Waals surface area contributed by atoms with E-state index in [0.29, 0.717) is 25.5 Å². The van der Waals surface area contributed by atoms with Crippen molar-refractivity contribution in [3.63, 3.8) is 0 Å². The third-order valence-electron chi connectivity index (χ3n) is 3.54. The Kier molecular flexibility index (Phi) is 5.35. The summed E-state index contributed by atoms with van der Waals surface area (Å²) in [6, 6.07) is -0.386. The highest BCUT2D eigenvalue weighted by Crippen LogP contribution is 2.23. The lowest BCUT2D eigenvalue weighted by Crippen LogP contribution is -2.68. The van der Waals surface area contributed by atoms with Crippen LogP contribution in [-0.2, 0) is 14.3 Å². The van der Waals surface area contributed by atoms with Gasteiger partial charge in [0.2, 0.25) is 11.8 Å². The molecule has 110 valence electrons. The van der Waals surface area contributed by atoms with E-state index >= 15 is 0 Å². The summed E-state index contributed by atoms with van der Waals surface area (Å²) in [5.41, 5.74) is -0.779. The molecule has 1 heterocycles. The van der Waals surface area contributed by atoms with Crippen molar-refractivity contribution in [2.24, 2.45) is 5.92 Å². The van der Waals surface area contributed by atoms with Crippen LogP contribution in [-0.4, -0.2) is 48.6 Å². The van der Waals surface area contributed by atoms with E-state index in [-0.39, 0.29) is 17.9 Å². The number of ether oxygens (including phenoxy) is 1. The highest BCUT2D eigenvalue weighted by Gasteiger charge is 2.45. The van der Waals surface area contributed by atoms with Gasteiger partial charge in [0.25, 0.3) is 0 Å². The topological polar surface area (TPSA) is 58.6 Å². The first kappa shape index (κ1) is 16.0. The molecule has 1 aliphatic rings. The fourth-order valence-electron chi connectivity index (χ4n) is 2.37. The molecule has 0 saturated carbocycles. The predicted molar refractivity (Wildman–Crippen MR) is 73.7 cm³/mol. The molecule has 1 rings (SSSR count). The maximum atomic E-state index is 12.5. The third kappa shape index (κ3) is 3.69. The van der Waals surface area contributed by atoms with Crippen LogP contribution in [0.3, 0.4) is 0 Å². The van der Waals surface area contributed by atoms with Crippen LogP contribution in [0.1, 0.15) is 40.5 Å². The summed E-state index contributed by atoms with van der Waals surface area (Å²) in [5.74, 6) is 0.320. The van der Waals surface area contributed by atoms with Gasteiger partial charge in [0.05, 0.1) is 0 Å². The summed E-state index contributed by atoms with van der Waals surface area (Å²) < 4.78 is 5.02. The summed E-state index contributed by atoms with van der Waals surface area (Å²) in [6.07, 6.45) is 1.43. The molecule has 0 spiro atoms. The average Bonchev–Trinajstić information content (AvgIpc) is 2.30. The largest absolute Gasteiger partial charge is 0.385 e. The molecule has 0 bridgehead atoms. The van der Waals surface area contributed by atoms with Crippen molar-refractivity contribution in [2.75, 3.05) is 20.3 Å². The van der Waals surface area contributed by atoms with Crippen molar-refractivity contribution < 1.29 is 14.3 Å². The SMILES string of the molecule is COCCCN1C(=O)C(CC(C)C)NC(=O)C1(C)C. The number of hydrogen-bond donors (Lipinski definition) is 1. The van der Waals surface area contributed by atoms with Crippen LogP contribution in [0.5, 0.6) is 0 Å². The van der Waals surface area contributed by atoms with Gasteiger partial charge in [-0.3, -0.25) is 9.59 Å². The Morgan fingerprint density at radius 3 is 2.53 bits per heavy atom. The molecule has 0 radical (unpaired) electrons. The van der Waals surface area contributed by atoms with Crippen LogP contribution in [0.25, 0.3) is 0 Å². The molecule has 1 aliphatic heterocycles. The van der Waals surface area contributed by atoms with E-state index in [0.717, 1.165) is 6.42 Å². The fourth-order valence-corrected chi connectivity index (χ4v) is 2.37. The minimum atomic E-state index is -0.779. The van der Waals surface area contributed by atoms with Crippen molar-refractivity contribution in [2.45, 2.75) is 52.1 Å². The molecule has 2 amide bonds. The molecule has 0 aromatic heterocycles. The molecule has 1 fully saturated rings. The number of carbonyl (C=O) groups excluding carboxylic acids is 2. The van der Waals surface area contributed by atoms with Gasteiger partial charge < -0.3 is 15.0 Å². The lowest BCUT2D eigenvalue weighted by Gasteiger charge is -2.44. The van der Waals surface area contributed by atoms with E-state index in [4.69, 9.17) is 4.74 Å². The molecule has 0 aromatic rings. The zero-order chi connectivity index (χ0) is 14.6. The molecule has 1 saturated heterocycles. The Bertz CT molecular complexity index is 340. The van der Waals surface area contributed by atoms with Crippen molar-refractivity contribution in [3.05, 3.63) is 0 Å². The fraction of sp³-hybridized carbons (Fsp3) is 0.857. The lowest BCUT2D eigenvalue weighted by molar-refractivity contribution is -0.155. The Morgan fingerprint density at radius 2 is 2.00 bits per heavy atom. The summed E-state index contributed by atoms with van der Waals surface area (Å²) in [5, 5.41) is 2.85. The van der Waals surface area contributed by atoms with E-state index in [1.807, 2.05) is 0 Å². The number of nitrogens with one attached hydrogen (secondary N) is 1. The van der Waals surface area contributed by atoms with Gasteiger partial charge >= 0.3 is 0 Å². The summed E-state index contributed by atoms with van der Waals surface area (Å²) in [7, 11) is 1.64. The Hall–Kier alpha value is -1.10. The van der Waals surface area contributed by atoms with Crippen molar-refractivity contribution in [1.82, 2.24) is 10.2 Å². The first-order valence-electron chi connectivity index (χ1n) is 6.92. The lowest BCUT2D eigenvalue weighted by atomic mass is 9.92. The van der Waals surface area contributed by atoms with Gasteiger partial charge in [-0.2, -0.15) is 0 Å². The van der Waals surface area contributed by atoms with Crippen LogP contribution in [0.2, 0.25) is 0 Å². The maximum Gasteiger partial charge on any atom is 0.246 e. The average molecular weight is 270 g/mol. The minimum absolute atomic E-state index is 0.0226. The molecule has 19 heavy (non-hydrogen) atoms. The first-order chi connectivity index (χ1) is 8.80. The number of hydrogen-bond acceptors (Lipinski definition) is 3. The number of carbonyl (C=O) groups is 2. The summed E-state index contributed by atoms with van der Waals surface area (Å²) >= 11 is 0. The van der Waals surface area contributed by atoms with Crippen molar-refractivity contribution in [3.8, 4) is 0 Å². The Balaban J connectivity index is 2.81. The molecule has 0 aliphatic carbocycles. The minimum Gasteiger partial charge on any atom is -0.385 e. The predicted octanol–water partition coefficient (Wildman–Crippen LogP) is 1.17. The highest BCUT2D eigenvalue weighted by molar-refractivity contribution is 5.99. The van der Waals surface area contributed by atoms with E-state index < -0.39 is 5.54 Å². The Morgan fingerprint density at radius 1 is 1.37 bits per heavy atom.